The summed E-state index contributed by atoms with van der Waals surface area (Å²) in [4.78, 5) is 23.8. The molecule has 3 aromatic carbocycles. The standard InChI is InChI=1S/C24H23N5O5S/c1-16-8-7-9-18(14-16)25-21-13-12-20(15-22(21)29(31)32)35(33,34)26-23-17(2)27(3)28(24(23)30)19-10-5-4-6-11-19/h4-15,25-26H,1-3H3. The summed E-state index contributed by atoms with van der Waals surface area (Å²) in [5.74, 6) is 0. The third kappa shape index (κ3) is 4.66. The smallest absolute Gasteiger partial charge is 0.296 e. The molecule has 0 saturated heterocycles. The molecule has 2 N–H and O–H groups in total. The molecule has 0 bridgehead atoms. The van der Waals surface area contributed by atoms with E-state index in [0.717, 1.165) is 11.6 Å². The molecule has 35 heavy (non-hydrogen) atoms. The van der Waals surface area contributed by atoms with Gasteiger partial charge in [-0.15, -0.1) is 0 Å². The van der Waals surface area contributed by atoms with Crippen LogP contribution < -0.4 is 15.6 Å². The summed E-state index contributed by atoms with van der Waals surface area (Å²) in [7, 11) is -2.67. The van der Waals surface area contributed by atoms with E-state index in [2.05, 4.69) is 10.0 Å². The molecule has 11 heteroatoms. The van der Waals surface area contributed by atoms with Crippen LogP contribution in [-0.4, -0.2) is 22.7 Å². The molecule has 0 aliphatic heterocycles. The molecule has 0 aliphatic rings. The first-order valence-electron chi connectivity index (χ1n) is 10.6. The zero-order valence-electron chi connectivity index (χ0n) is 19.2. The number of aromatic nitrogens is 2. The summed E-state index contributed by atoms with van der Waals surface area (Å²) in [6.07, 6.45) is 0. The number of aryl methyl sites for hydroxylation is 1. The first-order chi connectivity index (χ1) is 16.6. The van der Waals surface area contributed by atoms with Gasteiger partial charge >= 0.3 is 0 Å². The lowest BCUT2D eigenvalue weighted by Crippen LogP contribution is -2.23. The van der Waals surface area contributed by atoms with E-state index in [9.17, 15) is 23.3 Å². The number of hydrogen-bond acceptors (Lipinski definition) is 6. The summed E-state index contributed by atoms with van der Waals surface area (Å²) in [6.45, 7) is 3.49. The van der Waals surface area contributed by atoms with E-state index in [-0.39, 0.29) is 16.3 Å². The van der Waals surface area contributed by atoms with Gasteiger partial charge in [0.05, 0.1) is 21.2 Å². The van der Waals surface area contributed by atoms with Crippen molar-refractivity contribution in [2.24, 2.45) is 7.05 Å². The van der Waals surface area contributed by atoms with E-state index in [0.29, 0.717) is 17.1 Å². The second-order valence-electron chi connectivity index (χ2n) is 7.97. The third-order valence-corrected chi connectivity index (χ3v) is 6.91. The van der Waals surface area contributed by atoms with Gasteiger partial charge in [-0.25, -0.2) is 13.1 Å². The molecule has 0 spiro atoms. The van der Waals surface area contributed by atoms with Crippen LogP contribution in [0.15, 0.2) is 82.5 Å². The Hall–Kier alpha value is -4.38. The molecule has 180 valence electrons. The number of nitro benzene ring substituents is 1. The normalized spacial score (nSPS) is 11.3. The molecule has 4 rings (SSSR count). The molecule has 4 aromatic rings. The quantitative estimate of drug-likeness (QED) is 0.293. The number of nitrogens with zero attached hydrogens (tertiary/aromatic N) is 3. The lowest BCUT2D eigenvalue weighted by atomic mass is 10.2. The number of benzene rings is 3. The second-order valence-corrected chi connectivity index (χ2v) is 9.65. The minimum absolute atomic E-state index is 0.138. The summed E-state index contributed by atoms with van der Waals surface area (Å²) in [6, 6.07) is 19.6. The van der Waals surface area contributed by atoms with Crippen molar-refractivity contribution < 1.29 is 13.3 Å². The minimum Gasteiger partial charge on any atom is -0.350 e. The Kier molecular flexibility index (Phi) is 6.18. The number of anilines is 3. The highest BCUT2D eigenvalue weighted by molar-refractivity contribution is 7.92. The predicted molar refractivity (Wildman–Crippen MR) is 134 cm³/mol. The molecule has 0 fully saturated rings. The van der Waals surface area contributed by atoms with Crippen molar-refractivity contribution in [2.45, 2.75) is 18.7 Å². The van der Waals surface area contributed by atoms with Crippen LogP contribution in [0.25, 0.3) is 5.69 Å². The summed E-state index contributed by atoms with van der Waals surface area (Å²) >= 11 is 0. The number of rotatable bonds is 7. The first-order valence-corrected chi connectivity index (χ1v) is 12.1. The van der Waals surface area contributed by atoms with E-state index in [1.807, 2.05) is 19.1 Å². The lowest BCUT2D eigenvalue weighted by molar-refractivity contribution is -0.384. The van der Waals surface area contributed by atoms with Gasteiger partial charge in [-0.1, -0.05) is 30.3 Å². The van der Waals surface area contributed by atoms with Gasteiger partial charge in [0.2, 0.25) is 0 Å². The monoisotopic (exact) mass is 493 g/mol. The Bertz CT molecular complexity index is 1590. The van der Waals surface area contributed by atoms with Crippen LogP contribution in [-0.2, 0) is 17.1 Å². The van der Waals surface area contributed by atoms with Crippen molar-refractivity contribution >= 4 is 32.8 Å². The third-order valence-electron chi connectivity index (χ3n) is 5.56. The van der Waals surface area contributed by atoms with E-state index >= 15 is 0 Å². The van der Waals surface area contributed by atoms with Gasteiger partial charge in [0.1, 0.15) is 11.4 Å². The molecule has 0 amide bonds. The highest BCUT2D eigenvalue weighted by atomic mass is 32.2. The average Bonchev–Trinajstić information content (AvgIpc) is 3.02. The van der Waals surface area contributed by atoms with E-state index in [1.54, 1.807) is 56.4 Å². The van der Waals surface area contributed by atoms with Crippen molar-refractivity contribution in [1.29, 1.82) is 0 Å². The maximum Gasteiger partial charge on any atom is 0.296 e. The zero-order chi connectivity index (χ0) is 25.3. The molecule has 0 aliphatic carbocycles. The number of nitrogens with one attached hydrogen (secondary N) is 2. The number of sulfonamides is 1. The SMILES string of the molecule is Cc1cccc(Nc2ccc(S(=O)(=O)Nc3c(C)n(C)n(-c4ccccc4)c3=O)cc2[N+](=O)[O-])c1. The number of hydrogen-bond donors (Lipinski definition) is 2. The maximum absolute atomic E-state index is 13.1. The van der Waals surface area contributed by atoms with Gasteiger partial charge in [-0.05, 0) is 55.8 Å². The van der Waals surface area contributed by atoms with Crippen molar-refractivity contribution in [3.63, 3.8) is 0 Å². The van der Waals surface area contributed by atoms with E-state index < -0.39 is 26.2 Å². The fourth-order valence-corrected chi connectivity index (χ4v) is 4.83. The van der Waals surface area contributed by atoms with Gasteiger partial charge in [-0.2, -0.15) is 0 Å². The summed E-state index contributed by atoms with van der Waals surface area (Å²) in [5.41, 5.74) is 1.56. The van der Waals surface area contributed by atoms with Crippen molar-refractivity contribution in [3.8, 4) is 5.69 Å². The molecule has 0 saturated carbocycles. The molecule has 0 unspecified atom stereocenters. The fourth-order valence-electron chi connectivity index (χ4n) is 3.69. The molecule has 0 atom stereocenters. The zero-order valence-corrected chi connectivity index (χ0v) is 20.0. The van der Waals surface area contributed by atoms with E-state index in [1.165, 1.54) is 21.5 Å². The van der Waals surface area contributed by atoms with Gasteiger partial charge in [0.15, 0.2) is 0 Å². The van der Waals surface area contributed by atoms with Crippen LogP contribution in [0.4, 0.5) is 22.7 Å². The van der Waals surface area contributed by atoms with E-state index in [4.69, 9.17) is 0 Å². The van der Waals surface area contributed by atoms with Crippen LogP contribution in [0, 0.1) is 24.0 Å². The van der Waals surface area contributed by atoms with Crippen LogP contribution in [0.1, 0.15) is 11.3 Å². The maximum atomic E-state index is 13.1. The summed E-state index contributed by atoms with van der Waals surface area (Å²) in [5, 5.41) is 14.7. The Morgan fingerprint density at radius 3 is 2.31 bits per heavy atom. The van der Waals surface area contributed by atoms with Gasteiger partial charge in [0, 0.05) is 18.8 Å². The Morgan fingerprint density at radius 2 is 1.66 bits per heavy atom. The largest absolute Gasteiger partial charge is 0.350 e. The lowest BCUT2D eigenvalue weighted by Gasteiger charge is -2.11. The topological polar surface area (TPSA) is 128 Å². The Morgan fingerprint density at radius 1 is 0.943 bits per heavy atom. The van der Waals surface area contributed by atoms with Gasteiger partial charge in [-0.3, -0.25) is 24.3 Å². The number of para-hydroxylation sites is 1. The van der Waals surface area contributed by atoms with Gasteiger partial charge in [0.25, 0.3) is 21.3 Å². The van der Waals surface area contributed by atoms with Crippen LogP contribution >= 0.6 is 0 Å². The van der Waals surface area contributed by atoms with Crippen LogP contribution in [0.5, 0.6) is 0 Å². The predicted octanol–water partition coefficient (Wildman–Crippen LogP) is 4.25. The highest BCUT2D eigenvalue weighted by Gasteiger charge is 2.25. The molecule has 1 heterocycles. The molecule has 1 aromatic heterocycles. The molecule has 10 nitrogen and oxygen atoms in total. The van der Waals surface area contributed by atoms with Crippen molar-refractivity contribution in [2.75, 3.05) is 10.0 Å². The Labute approximate surface area is 201 Å². The highest BCUT2D eigenvalue weighted by Crippen LogP contribution is 2.31. The van der Waals surface area contributed by atoms with Crippen molar-refractivity contribution in [1.82, 2.24) is 9.36 Å². The number of nitro groups is 1. The molecular formula is C24H23N5O5S. The Balaban J connectivity index is 1.71. The summed E-state index contributed by atoms with van der Waals surface area (Å²) < 4.78 is 31.5. The minimum atomic E-state index is -4.31. The molecule has 0 radical (unpaired) electrons. The molecular weight excluding hydrogens is 470 g/mol. The average molecular weight is 494 g/mol. The van der Waals surface area contributed by atoms with Crippen LogP contribution in [0.3, 0.4) is 0 Å². The second kappa shape index (κ2) is 9.11. The fraction of sp³-hybridized carbons (Fsp3) is 0.125. The van der Waals surface area contributed by atoms with Crippen molar-refractivity contribution in [3.05, 3.63) is 105 Å². The van der Waals surface area contributed by atoms with Gasteiger partial charge < -0.3 is 5.32 Å². The van der Waals surface area contributed by atoms with Crippen LogP contribution in [0.2, 0.25) is 0 Å². The first kappa shape index (κ1) is 23.8.